The zero-order valence-corrected chi connectivity index (χ0v) is 33.4. The monoisotopic (exact) mass is 777 g/mol. The molecule has 296 valence electrons. The first-order valence-electron chi connectivity index (χ1n) is 18.3. The maximum absolute atomic E-state index is 14.4. The van der Waals surface area contributed by atoms with Gasteiger partial charge in [0.05, 0.1) is 30.1 Å². The highest BCUT2D eigenvalue weighted by Crippen LogP contribution is 2.45. The van der Waals surface area contributed by atoms with Crippen molar-refractivity contribution >= 4 is 44.7 Å². The summed E-state index contributed by atoms with van der Waals surface area (Å²) in [4.78, 5) is 61.4. The molecule has 1 aliphatic heterocycles. The number of nitrogens with one attached hydrogen (secondary N) is 3. The van der Waals surface area contributed by atoms with Crippen molar-refractivity contribution in [3.8, 4) is 22.8 Å². The number of rotatable bonds is 13. The molecule has 0 radical (unpaired) electrons. The number of likely N-dealkylation sites (tertiary alicyclic amines) is 1. The quantitative estimate of drug-likeness (QED) is 0.206. The fourth-order valence-corrected chi connectivity index (χ4v) is 7.19. The van der Waals surface area contributed by atoms with Gasteiger partial charge in [0.2, 0.25) is 21.8 Å². The Morgan fingerprint density at radius 1 is 1.04 bits per heavy atom. The van der Waals surface area contributed by atoms with Gasteiger partial charge in [-0.15, -0.1) is 6.58 Å². The first kappa shape index (κ1) is 41.0. The number of nitrogens with zero attached hydrogens (tertiary/aromatic N) is 2. The largest absolute Gasteiger partial charge is 0.497 e. The van der Waals surface area contributed by atoms with Crippen molar-refractivity contribution in [1.29, 1.82) is 0 Å². The lowest BCUT2D eigenvalue weighted by molar-refractivity contribution is -0.141. The molecule has 14 nitrogen and oxygen atoms in total. The average molecular weight is 778 g/mol. The molecule has 4 amide bonds. The Balaban J connectivity index is 1.51. The van der Waals surface area contributed by atoms with Crippen LogP contribution in [0.2, 0.25) is 0 Å². The molecule has 5 unspecified atom stereocenters. The average Bonchev–Trinajstić information content (AvgIpc) is 3.68. The molecule has 1 saturated carbocycles. The number of alkyl carbamates (subject to hydrolysis) is 1. The topological polar surface area (TPSA) is 182 Å². The molecule has 1 aromatic heterocycles. The lowest BCUT2D eigenvalue weighted by Gasteiger charge is -2.31. The van der Waals surface area contributed by atoms with Crippen molar-refractivity contribution in [3.63, 3.8) is 0 Å². The fourth-order valence-electron chi connectivity index (χ4n) is 6.51. The normalized spacial score (nSPS) is 21.5. The third-order valence-corrected chi connectivity index (χ3v) is 11.4. The van der Waals surface area contributed by atoms with Crippen molar-refractivity contribution in [3.05, 3.63) is 67.3 Å². The maximum Gasteiger partial charge on any atom is 0.408 e. The highest BCUT2D eigenvalue weighted by atomic mass is 32.2. The first-order chi connectivity index (χ1) is 25.8. The molecule has 2 heterocycles. The second kappa shape index (κ2) is 15.9. The standard InChI is InChI=1S/C40H51N5O9S/c1-10-26-21-40(26,37(48)44-55(50,51)24(4)5)43-35(46)32-19-28(22-45(32)36(47)34(23(2)3)42-38(49)54-39(6,7)8)53-33-20-30(25-14-12-11-13-15-25)41-31-18-27(52-9)16-17-29(31)33/h10-18,20,23-24,26,28,32,34H,1,19,21-22H2,2-9H3,(H,42,49)(H,43,46)(H,44,48). The van der Waals surface area contributed by atoms with E-state index in [0.29, 0.717) is 28.1 Å². The van der Waals surface area contributed by atoms with E-state index in [1.165, 1.54) is 24.8 Å². The van der Waals surface area contributed by atoms with Gasteiger partial charge in [0.1, 0.15) is 40.8 Å². The summed E-state index contributed by atoms with van der Waals surface area (Å²) in [6.45, 7) is 15.2. The molecular formula is C40H51N5O9S. The van der Waals surface area contributed by atoms with Gasteiger partial charge < -0.3 is 29.7 Å². The number of amides is 4. The predicted molar refractivity (Wildman–Crippen MR) is 208 cm³/mol. The molecular weight excluding hydrogens is 727 g/mol. The molecule has 0 spiro atoms. The maximum atomic E-state index is 14.4. The number of ether oxygens (including phenoxy) is 3. The Bertz CT molecular complexity index is 2070. The summed E-state index contributed by atoms with van der Waals surface area (Å²) in [5, 5.41) is 5.23. The zero-order chi connectivity index (χ0) is 40.5. The van der Waals surface area contributed by atoms with Crippen LogP contribution in [0, 0.1) is 11.8 Å². The van der Waals surface area contributed by atoms with Crippen molar-refractivity contribution < 1.29 is 41.8 Å². The summed E-state index contributed by atoms with van der Waals surface area (Å²) in [5.41, 5.74) is -0.345. The van der Waals surface area contributed by atoms with Crippen LogP contribution in [-0.4, -0.2) is 90.3 Å². The van der Waals surface area contributed by atoms with Crippen molar-refractivity contribution in [2.75, 3.05) is 13.7 Å². The number of carbonyl (C=O) groups excluding carboxylic acids is 4. The van der Waals surface area contributed by atoms with Gasteiger partial charge in [-0.2, -0.15) is 0 Å². The van der Waals surface area contributed by atoms with Gasteiger partial charge in [-0.3, -0.25) is 19.1 Å². The second-order valence-electron chi connectivity index (χ2n) is 15.6. The third kappa shape index (κ3) is 9.21. The molecule has 2 aromatic carbocycles. The third-order valence-electron chi connectivity index (χ3n) is 9.70. The number of hydrogen-bond donors (Lipinski definition) is 3. The Morgan fingerprint density at radius 2 is 1.73 bits per heavy atom. The van der Waals surface area contributed by atoms with Crippen molar-refractivity contribution in [2.24, 2.45) is 11.8 Å². The van der Waals surface area contributed by atoms with E-state index in [1.807, 2.05) is 36.4 Å². The molecule has 5 atom stereocenters. The minimum atomic E-state index is -4.02. The molecule has 3 N–H and O–H groups in total. The molecule has 55 heavy (non-hydrogen) atoms. The highest BCUT2D eigenvalue weighted by Gasteiger charge is 2.61. The molecule has 15 heteroatoms. The van der Waals surface area contributed by atoms with E-state index < -0.39 is 80.3 Å². The second-order valence-corrected chi connectivity index (χ2v) is 17.9. The van der Waals surface area contributed by atoms with Crippen molar-refractivity contribution in [2.45, 2.75) is 95.9 Å². The van der Waals surface area contributed by atoms with E-state index in [0.717, 1.165) is 5.56 Å². The van der Waals surface area contributed by atoms with Crippen LogP contribution >= 0.6 is 0 Å². The van der Waals surface area contributed by atoms with E-state index in [4.69, 9.17) is 19.2 Å². The summed E-state index contributed by atoms with van der Waals surface area (Å²) in [6.07, 6.45) is 0.0835. The zero-order valence-electron chi connectivity index (χ0n) is 32.5. The van der Waals surface area contributed by atoms with Crippen LogP contribution in [0.15, 0.2) is 67.3 Å². The van der Waals surface area contributed by atoms with Gasteiger partial charge in [0.15, 0.2) is 0 Å². The summed E-state index contributed by atoms with van der Waals surface area (Å²) < 4.78 is 45.0. The Kier molecular flexibility index (Phi) is 11.8. The molecule has 5 rings (SSSR count). The van der Waals surface area contributed by atoms with Crippen LogP contribution in [0.5, 0.6) is 11.5 Å². The van der Waals surface area contributed by atoms with Gasteiger partial charge in [0, 0.05) is 35.4 Å². The summed E-state index contributed by atoms with van der Waals surface area (Å²) >= 11 is 0. The van der Waals surface area contributed by atoms with E-state index in [-0.39, 0.29) is 19.4 Å². The van der Waals surface area contributed by atoms with Gasteiger partial charge in [0.25, 0.3) is 5.91 Å². The fraction of sp³-hybridized carbons (Fsp3) is 0.475. The Labute approximate surface area is 322 Å². The molecule has 1 aliphatic carbocycles. The smallest absolute Gasteiger partial charge is 0.408 e. The number of benzene rings is 2. The highest BCUT2D eigenvalue weighted by molar-refractivity contribution is 7.90. The molecule has 0 bridgehead atoms. The molecule has 2 fully saturated rings. The van der Waals surface area contributed by atoms with Crippen LogP contribution in [0.4, 0.5) is 4.79 Å². The van der Waals surface area contributed by atoms with E-state index in [2.05, 4.69) is 21.9 Å². The number of fused-ring (bicyclic) bond motifs is 1. The summed E-state index contributed by atoms with van der Waals surface area (Å²) in [5.74, 6) is -2.04. The number of hydrogen-bond acceptors (Lipinski definition) is 10. The molecule has 3 aromatic rings. The van der Waals surface area contributed by atoms with Crippen LogP contribution in [0.3, 0.4) is 0 Å². The van der Waals surface area contributed by atoms with E-state index >= 15 is 0 Å². The van der Waals surface area contributed by atoms with Crippen LogP contribution in [0.1, 0.15) is 61.3 Å². The van der Waals surface area contributed by atoms with Crippen LogP contribution in [0.25, 0.3) is 22.2 Å². The number of aromatic nitrogens is 1. The van der Waals surface area contributed by atoms with Crippen LogP contribution < -0.4 is 24.8 Å². The lowest BCUT2D eigenvalue weighted by Crippen LogP contribution is -2.59. The molecule has 2 aliphatic rings. The SMILES string of the molecule is C=CC1CC1(NC(=O)C1CC(Oc2cc(-c3ccccc3)nc3cc(OC)ccc23)CN1C(=O)C(NC(=O)OC(C)(C)C)C(C)C)C(=O)NS(=O)(=O)C(C)C. The minimum Gasteiger partial charge on any atom is -0.497 e. The number of carbonyl (C=O) groups is 4. The number of sulfonamides is 1. The van der Waals surface area contributed by atoms with E-state index in [9.17, 15) is 27.6 Å². The molecule has 1 saturated heterocycles. The van der Waals surface area contributed by atoms with Crippen LogP contribution in [-0.2, 0) is 29.1 Å². The number of methoxy groups -OCH3 is 1. The van der Waals surface area contributed by atoms with E-state index in [1.54, 1.807) is 59.9 Å². The summed E-state index contributed by atoms with van der Waals surface area (Å²) in [6, 6.07) is 14.5. The van der Waals surface area contributed by atoms with Gasteiger partial charge in [-0.05, 0) is 59.1 Å². The predicted octanol–water partition coefficient (Wildman–Crippen LogP) is 4.72. The first-order valence-corrected chi connectivity index (χ1v) is 19.8. The number of pyridine rings is 1. The van der Waals surface area contributed by atoms with Crippen molar-refractivity contribution in [1.82, 2.24) is 25.2 Å². The minimum absolute atomic E-state index is 0.0101. The Morgan fingerprint density at radius 3 is 2.31 bits per heavy atom. The lowest BCUT2D eigenvalue weighted by atomic mass is 10.0. The van der Waals surface area contributed by atoms with Gasteiger partial charge in [-0.1, -0.05) is 50.3 Å². The Hall–Kier alpha value is -5.18. The summed E-state index contributed by atoms with van der Waals surface area (Å²) in [7, 11) is -2.46. The van der Waals surface area contributed by atoms with Gasteiger partial charge in [-0.25, -0.2) is 18.2 Å². The van der Waals surface area contributed by atoms with Gasteiger partial charge >= 0.3 is 6.09 Å².